The third-order valence-electron chi connectivity index (χ3n) is 3.50. The van der Waals surface area contributed by atoms with Gasteiger partial charge in [-0.2, -0.15) is 0 Å². The number of hydrogen-bond acceptors (Lipinski definition) is 2. The Balaban J connectivity index is 1.94. The molecule has 2 fully saturated rings. The minimum atomic E-state index is 0.258. The monoisotopic (exact) mass is 181 g/mol. The molecule has 1 saturated carbocycles. The lowest BCUT2D eigenvalue weighted by Crippen LogP contribution is -2.38. The molecule has 1 aliphatic carbocycles. The van der Waals surface area contributed by atoms with Gasteiger partial charge in [-0.05, 0) is 38.3 Å². The predicted octanol–water partition coefficient (Wildman–Crippen LogP) is 2.43. The first kappa shape index (κ1) is 9.20. The highest BCUT2D eigenvalue weighted by Crippen LogP contribution is 2.41. The molecule has 1 heterocycles. The summed E-state index contributed by atoms with van der Waals surface area (Å²) in [6, 6.07) is 0. The van der Waals surface area contributed by atoms with E-state index in [1.165, 1.54) is 38.5 Å². The lowest BCUT2D eigenvalue weighted by atomic mass is 9.85. The summed E-state index contributed by atoms with van der Waals surface area (Å²) in [7, 11) is 0. The molecule has 0 bridgehead atoms. The predicted molar refractivity (Wildman–Crippen MR) is 54.3 cm³/mol. The van der Waals surface area contributed by atoms with Crippen LogP contribution < -0.4 is 0 Å². The second-order valence-corrected chi connectivity index (χ2v) is 4.50. The quantitative estimate of drug-likeness (QED) is 0.599. The Bertz CT molecular complexity index is 185. The van der Waals surface area contributed by atoms with Crippen molar-refractivity contribution in [3.8, 4) is 0 Å². The second kappa shape index (κ2) is 3.79. The van der Waals surface area contributed by atoms with Crippen molar-refractivity contribution in [3.05, 3.63) is 0 Å². The van der Waals surface area contributed by atoms with Crippen molar-refractivity contribution < 1.29 is 4.74 Å². The largest absolute Gasteiger partial charge is 0.375 e. The van der Waals surface area contributed by atoms with Crippen molar-refractivity contribution in [2.45, 2.75) is 44.1 Å². The first-order valence-corrected chi connectivity index (χ1v) is 5.41. The Morgan fingerprint density at radius 2 is 2.15 bits per heavy atom. The Labute approximate surface area is 80.4 Å². The molecule has 1 atom stereocenters. The maximum atomic E-state index is 5.94. The van der Waals surface area contributed by atoms with Crippen LogP contribution in [0.4, 0.5) is 0 Å². The fourth-order valence-electron chi connectivity index (χ4n) is 2.84. The van der Waals surface area contributed by atoms with E-state index >= 15 is 0 Å². The minimum absolute atomic E-state index is 0.258. The van der Waals surface area contributed by atoms with Crippen molar-refractivity contribution in [2.24, 2.45) is 10.9 Å². The highest BCUT2D eigenvalue weighted by Gasteiger charge is 2.39. The number of hydrogen-bond donors (Lipinski definition) is 0. The normalized spacial score (nSPS) is 32.2. The molecule has 1 aliphatic heterocycles. The van der Waals surface area contributed by atoms with Crippen LogP contribution in [0.3, 0.4) is 0 Å². The number of rotatable bonds is 2. The van der Waals surface area contributed by atoms with Crippen molar-refractivity contribution in [2.75, 3.05) is 13.2 Å². The van der Waals surface area contributed by atoms with Gasteiger partial charge >= 0.3 is 0 Å². The molecule has 1 spiro atoms. The molecule has 2 heteroatoms. The molecule has 1 unspecified atom stereocenters. The second-order valence-electron chi connectivity index (χ2n) is 4.50. The maximum Gasteiger partial charge on any atom is 0.0685 e. The van der Waals surface area contributed by atoms with Crippen LogP contribution in [0, 0.1) is 5.92 Å². The summed E-state index contributed by atoms with van der Waals surface area (Å²) >= 11 is 0. The van der Waals surface area contributed by atoms with E-state index in [0.717, 1.165) is 19.1 Å². The highest BCUT2D eigenvalue weighted by atomic mass is 16.5. The van der Waals surface area contributed by atoms with Gasteiger partial charge < -0.3 is 9.73 Å². The summed E-state index contributed by atoms with van der Waals surface area (Å²) in [5.74, 6) is 0.740. The zero-order valence-electron chi connectivity index (χ0n) is 8.30. The minimum Gasteiger partial charge on any atom is -0.375 e. The Hall–Kier alpha value is -0.370. The zero-order valence-corrected chi connectivity index (χ0v) is 8.30. The standard InChI is InChI=1S/C11H19NO/c1-12-9-10-4-7-13-11(8-10)5-2-3-6-11/h10H,1-9H2. The fourth-order valence-corrected chi connectivity index (χ4v) is 2.84. The molecule has 2 rings (SSSR count). The summed E-state index contributed by atoms with van der Waals surface area (Å²) in [4.78, 5) is 4.01. The summed E-state index contributed by atoms with van der Waals surface area (Å²) in [6.45, 7) is 5.46. The van der Waals surface area contributed by atoms with Crippen LogP contribution in [0.5, 0.6) is 0 Å². The summed E-state index contributed by atoms with van der Waals surface area (Å²) < 4.78 is 5.94. The third-order valence-corrected chi connectivity index (χ3v) is 3.50. The molecular weight excluding hydrogens is 162 g/mol. The van der Waals surface area contributed by atoms with Crippen LogP contribution in [0.25, 0.3) is 0 Å². The molecule has 1 saturated heterocycles. The Kier molecular flexibility index (Phi) is 2.68. The van der Waals surface area contributed by atoms with Gasteiger partial charge in [-0.3, -0.25) is 0 Å². The van der Waals surface area contributed by atoms with Gasteiger partial charge in [0, 0.05) is 13.2 Å². The molecule has 2 aliphatic rings. The first-order chi connectivity index (χ1) is 6.35. The van der Waals surface area contributed by atoms with E-state index in [1.807, 2.05) is 0 Å². The van der Waals surface area contributed by atoms with Gasteiger partial charge in [0.05, 0.1) is 5.60 Å². The van der Waals surface area contributed by atoms with Crippen molar-refractivity contribution in [1.29, 1.82) is 0 Å². The molecule has 74 valence electrons. The SMILES string of the molecule is C=NCC1CCOC2(CCCC2)C1. The Morgan fingerprint density at radius 3 is 2.85 bits per heavy atom. The van der Waals surface area contributed by atoms with Crippen LogP contribution in [0.2, 0.25) is 0 Å². The van der Waals surface area contributed by atoms with Gasteiger partial charge in [0.2, 0.25) is 0 Å². The van der Waals surface area contributed by atoms with E-state index in [0.29, 0.717) is 0 Å². The van der Waals surface area contributed by atoms with Gasteiger partial charge in [-0.1, -0.05) is 12.8 Å². The van der Waals surface area contributed by atoms with Crippen LogP contribution >= 0.6 is 0 Å². The average Bonchev–Trinajstić information content (AvgIpc) is 2.54. The number of aliphatic imine (C=N–C) groups is 1. The lowest BCUT2D eigenvalue weighted by Gasteiger charge is -2.37. The van der Waals surface area contributed by atoms with Crippen LogP contribution in [-0.2, 0) is 4.74 Å². The summed E-state index contributed by atoms with van der Waals surface area (Å²) in [6.07, 6.45) is 7.68. The topological polar surface area (TPSA) is 21.6 Å². The van der Waals surface area contributed by atoms with Crippen LogP contribution in [0.15, 0.2) is 4.99 Å². The lowest BCUT2D eigenvalue weighted by molar-refractivity contribution is -0.0909. The number of ether oxygens (including phenoxy) is 1. The summed E-state index contributed by atoms with van der Waals surface area (Å²) in [5, 5.41) is 0. The first-order valence-electron chi connectivity index (χ1n) is 5.41. The smallest absolute Gasteiger partial charge is 0.0685 e. The fraction of sp³-hybridized carbons (Fsp3) is 0.909. The number of nitrogens with zero attached hydrogens (tertiary/aromatic N) is 1. The van der Waals surface area contributed by atoms with Gasteiger partial charge in [-0.25, -0.2) is 0 Å². The summed E-state index contributed by atoms with van der Waals surface area (Å²) in [5.41, 5.74) is 0.258. The third kappa shape index (κ3) is 1.93. The van der Waals surface area contributed by atoms with Gasteiger partial charge in [0.25, 0.3) is 0 Å². The molecule has 0 aromatic heterocycles. The average molecular weight is 181 g/mol. The van der Waals surface area contributed by atoms with E-state index in [4.69, 9.17) is 4.74 Å². The molecule has 2 nitrogen and oxygen atoms in total. The van der Waals surface area contributed by atoms with Crippen molar-refractivity contribution in [1.82, 2.24) is 0 Å². The molecule has 0 radical (unpaired) electrons. The Morgan fingerprint density at radius 1 is 1.38 bits per heavy atom. The highest BCUT2D eigenvalue weighted by molar-refractivity contribution is 5.23. The van der Waals surface area contributed by atoms with E-state index in [9.17, 15) is 0 Å². The van der Waals surface area contributed by atoms with Gasteiger partial charge in [0.1, 0.15) is 0 Å². The molecule has 13 heavy (non-hydrogen) atoms. The van der Waals surface area contributed by atoms with Crippen LogP contribution in [-0.4, -0.2) is 25.5 Å². The van der Waals surface area contributed by atoms with E-state index in [1.54, 1.807) is 0 Å². The molecular formula is C11H19NO. The van der Waals surface area contributed by atoms with Gasteiger partial charge in [0.15, 0.2) is 0 Å². The molecule has 0 aromatic carbocycles. The van der Waals surface area contributed by atoms with Crippen molar-refractivity contribution in [3.63, 3.8) is 0 Å². The molecule has 0 amide bonds. The zero-order chi connectivity index (χ0) is 9.15. The van der Waals surface area contributed by atoms with E-state index in [2.05, 4.69) is 11.7 Å². The van der Waals surface area contributed by atoms with E-state index < -0.39 is 0 Å². The molecule has 0 aromatic rings. The van der Waals surface area contributed by atoms with Crippen molar-refractivity contribution >= 4 is 6.72 Å². The van der Waals surface area contributed by atoms with Gasteiger partial charge in [-0.15, -0.1) is 0 Å². The maximum absolute atomic E-state index is 5.94. The van der Waals surface area contributed by atoms with Crippen LogP contribution in [0.1, 0.15) is 38.5 Å². The molecule has 0 N–H and O–H groups in total. The van der Waals surface area contributed by atoms with E-state index in [-0.39, 0.29) is 5.60 Å².